The van der Waals surface area contributed by atoms with Crippen molar-refractivity contribution in [2.24, 2.45) is 0 Å². The van der Waals surface area contributed by atoms with Gasteiger partial charge in [-0.2, -0.15) is 0 Å². The fraction of sp³-hybridized carbons (Fsp3) is 0.222. The Morgan fingerprint density at radius 1 is 0.593 bits per heavy atom. The largest absolute Gasteiger partial charge is 0.282 e. The van der Waals surface area contributed by atoms with Gasteiger partial charge in [-0.1, -0.05) is 156 Å². The zero-order chi connectivity index (χ0) is 20.1. The number of benzene rings is 2. The Bertz CT molecular complexity index is 871. The minimum atomic E-state index is -1.01. The maximum Gasteiger partial charge on any atom is 0.190 e. The molecule has 2 aromatic rings. The van der Waals surface area contributed by atoms with Gasteiger partial charge in [-0.05, 0) is 27.1 Å². The lowest BCUT2D eigenvalue weighted by atomic mass is 9.72. The monoisotopic (exact) mass is 873 g/mol. The van der Waals surface area contributed by atoms with E-state index in [0.29, 0.717) is 0 Å². The van der Waals surface area contributed by atoms with E-state index < -0.39 is 16.4 Å². The minimum Gasteiger partial charge on any atom is -0.282 e. The molecule has 0 spiro atoms. The van der Waals surface area contributed by atoms with Gasteiger partial charge in [0, 0.05) is 4.48 Å². The highest BCUT2D eigenvalue weighted by atomic mass is 79.9. The Morgan fingerprint density at radius 2 is 1.00 bits per heavy atom. The molecule has 0 bridgehead atoms. The molecule has 1 nitrogen and oxygen atoms in total. The summed E-state index contributed by atoms with van der Waals surface area (Å²) in [5.41, 5.74) is 2.03. The summed E-state index contributed by atoms with van der Waals surface area (Å²) in [6.07, 6.45) is 0. The zero-order valence-electron chi connectivity index (χ0n) is 13.2. The Labute approximate surface area is 225 Å². The predicted octanol–water partition coefficient (Wildman–Crippen LogP) is 9.49. The molecule has 0 fully saturated rings. The molecule has 0 saturated carbocycles. The molecule has 27 heavy (non-hydrogen) atoms. The molecule has 3 rings (SSSR count). The maximum atomic E-state index is 5.92. The quantitative estimate of drug-likeness (QED) is 0.280. The molecule has 9 heteroatoms. The number of rotatable bonds is 3. The highest BCUT2D eigenvalue weighted by molar-refractivity contribution is 9.27. The summed E-state index contributed by atoms with van der Waals surface area (Å²) in [4.78, 5) is 0. The molecule has 2 aromatic carbocycles. The molecule has 0 aliphatic heterocycles. The third-order valence-corrected chi connectivity index (χ3v) is 18.1. The molecule has 1 aliphatic carbocycles. The summed E-state index contributed by atoms with van der Waals surface area (Å²) in [6, 6.07) is 20.3. The molecule has 3 unspecified atom stereocenters. The first kappa shape index (κ1) is 23.6. The molecule has 0 amide bonds. The van der Waals surface area contributed by atoms with E-state index in [2.05, 4.69) is 152 Å². The fourth-order valence-electron chi connectivity index (χ4n) is 3.21. The van der Waals surface area contributed by atoms with Crippen molar-refractivity contribution in [3.05, 3.63) is 80.8 Å². The molecular weight excluding hydrogens is 871 g/mol. The average Bonchev–Trinajstić information content (AvgIpc) is 2.70. The van der Waals surface area contributed by atoms with Crippen molar-refractivity contribution in [2.45, 2.75) is 16.4 Å². The number of hydrogen-bond donors (Lipinski definition) is 0. The van der Waals surface area contributed by atoms with Crippen molar-refractivity contribution in [3.63, 3.8) is 0 Å². The van der Waals surface area contributed by atoms with Gasteiger partial charge < -0.3 is 0 Å². The summed E-state index contributed by atoms with van der Waals surface area (Å²) >= 11 is 30.7. The van der Waals surface area contributed by atoms with Crippen LogP contribution >= 0.6 is 128 Å². The van der Waals surface area contributed by atoms with E-state index in [1.165, 1.54) is 0 Å². The fourth-order valence-corrected chi connectivity index (χ4v) is 11.6. The smallest absolute Gasteiger partial charge is 0.190 e. The lowest BCUT2D eigenvalue weighted by Gasteiger charge is -2.59. The number of hydrogen-bond acceptors (Lipinski definition) is 1. The van der Waals surface area contributed by atoms with Gasteiger partial charge in [-0.3, -0.25) is 3.83 Å². The van der Waals surface area contributed by atoms with Crippen LogP contribution in [-0.4, -0.2) is 7.74 Å². The summed E-state index contributed by atoms with van der Waals surface area (Å²) in [7, 11) is 0. The summed E-state index contributed by atoms with van der Waals surface area (Å²) < 4.78 is 4.19. The second-order valence-electron chi connectivity index (χ2n) is 5.92. The molecule has 144 valence electrons. The standard InChI is InChI=1S/C18H10Br8O/c19-13-14(20)18(25,27-26)16(22,12-9-5-2-6-10-12)15(21,17(13,23)24)11-7-3-1-4-8-11/h1-10H. The van der Waals surface area contributed by atoms with Gasteiger partial charge in [-0.15, -0.1) is 0 Å². The van der Waals surface area contributed by atoms with Crippen LogP contribution in [-0.2, 0) is 12.5 Å². The van der Waals surface area contributed by atoms with Crippen molar-refractivity contribution in [3.8, 4) is 0 Å². The van der Waals surface area contributed by atoms with E-state index in [9.17, 15) is 0 Å². The van der Waals surface area contributed by atoms with Crippen molar-refractivity contribution in [1.82, 2.24) is 0 Å². The van der Waals surface area contributed by atoms with Crippen molar-refractivity contribution in [1.29, 1.82) is 0 Å². The SMILES string of the molecule is BrOC1(Br)C(Br)=C(Br)C(Br)(Br)C(Br)(c2ccccc2)C1(Br)c1ccccc1. The number of alkyl halides is 5. The zero-order valence-corrected chi connectivity index (χ0v) is 25.9. The minimum absolute atomic E-state index is 0.727. The lowest BCUT2D eigenvalue weighted by molar-refractivity contribution is 0.179. The molecule has 3 atom stereocenters. The number of halogens is 8. The highest BCUT2D eigenvalue weighted by Gasteiger charge is 2.74. The predicted molar refractivity (Wildman–Crippen MR) is 141 cm³/mol. The third-order valence-electron chi connectivity index (χ3n) is 4.55. The first-order chi connectivity index (χ1) is 12.6. The van der Waals surface area contributed by atoms with E-state index in [1.807, 2.05) is 36.4 Å². The second kappa shape index (κ2) is 8.49. The number of allylic oxidation sites excluding steroid dienone is 1. The highest BCUT2D eigenvalue weighted by Crippen LogP contribution is 2.76. The normalized spacial score (nSPS) is 33.2. The summed E-state index contributed by atoms with van der Waals surface area (Å²) in [6.45, 7) is 0. The van der Waals surface area contributed by atoms with Crippen molar-refractivity contribution < 1.29 is 3.83 Å². The van der Waals surface area contributed by atoms with E-state index >= 15 is 0 Å². The molecule has 1 aliphatic rings. The molecule has 0 saturated heterocycles. The van der Waals surface area contributed by atoms with E-state index in [-0.39, 0.29) is 0 Å². The summed E-state index contributed by atoms with van der Waals surface area (Å²) in [5.74, 6) is 0. The van der Waals surface area contributed by atoms with Gasteiger partial charge >= 0.3 is 0 Å². The van der Waals surface area contributed by atoms with Gasteiger partial charge in [0.05, 0.1) is 4.48 Å². The lowest BCUT2D eigenvalue weighted by Crippen LogP contribution is -2.64. The van der Waals surface area contributed by atoms with Crippen LogP contribution in [0.3, 0.4) is 0 Å². The van der Waals surface area contributed by atoms with Gasteiger partial charge in [0.1, 0.15) is 28.1 Å². The van der Waals surface area contributed by atoms with Crippen LogP contribution in [0.1, 0.15) is 11.1 Å². The molecular formula is C18H10Br8O. The Morgan fingerprint density at radius 3 is 1.41 bits per heavy atom. The first-order valence-corrected chi connectivity index (χ1v) is 13.7. The Kier molecular flexibility index (Phi) is 7.43. The van der Waals surface area contributed by atoms with E-state index in [4.69, 9.17) is 3.83 Å². The average molecular weight is 882 g/mol. The van der Waals surface area contributed by atoms with Gasteiger partial charge in [-0.25, -0.2) is 0 Å². The molecule has 0 radical (unpaired) electrons. The van der Waals surface area contributed by atoms with Gasteiger partial charge in [0.15, 0.2) is 4.51 Å². The summed E-state index contributed by atoms with van der Waals surface area (Å²) in [5, 5.41) is 0. The molecule has 0 N–H and O–H groups in total. The van der Waals surface area contributed by atoms with Crippen LogP contribution in [0, 0.1) is 0 Å². The molecule has 0 heterocycles. The maximum absolute atomic E-state index is 5.92. The van der Waals surface area contributed by atoms with Crippen molar-refractivity contribution in [2.75, 3.05) is 0 Å². The van der Waals surface area contributed by atoms with Gasteiger partial charge in [0.2, 0.25) is 0 Å². The van der Waals surface area contributed by atoms with Crippen LogP contribution in [0.5, 0.6) is 0 Å². The second-order valence-corrected chi connectivity index (χ2v) is 14.8. The van der Waals surface area contributed by atoms with Crippen LogP contribution in [0.25, 0.3) is 0 Å². The van der Waals surface area contributed by atoms with Crippen LogP contribution in [0.2, 0.25) is 0 Å². The van der Waals surface area contributed by atoms with E-state index in [0.717, 1.165) is 20.1 Å². The topological polar surface area (TPSA) is 9.23 Å². The van der Waals surface area contributed by atoms with E-state index in [1.54, 1.807) is 0 Å². The van der Waals surface area contributed by atoms with Gasteiger partial charge in [0.25, 0.3) is 0 Å². The van der Waals surface area contributed by atoms with Crippen LogP contribution in [0.15, 0.2) is 69.6 Å². The van der Waals surface area contributed by atoms with Crippen LogP contribution < -0.4 is 0 Å². The first-order valence-electron chi connectivity index (χ1n) is 7.50. The van der Waals surface area contributed by atoms with Crippen molar-refractivity contribution >= 4 is 128 Å². The Hall–Kier alpha value is 1.98. The Balaban J connectivity index is 2.51. The molecule has 0 aromatic heterocycles. The van der Waals surface area contributed by atoms with Crippen LogP contribution in [0.4, 0.5) is 0 Å². The third kappa shape index (κ3) is 3.27.